The lowest BCUT2D eigenvalue weighted by Crippen LogP contribution is -2.09. The SMILES string of the molecule is COc1cc(C=Nc2ccc(OS(=O)(=O)c3ccc(Br)cc3)cc2)cc(OC)c1OC. The first kappa shape index (κ1) is 22.6. The monoisotopic (exact) mass is 505 g/mol. The van der Waals surface area contributed by atoms with Crippen LogP contribution in [-0.2, 0) is 10.1 Å². The van der Waals surface area contributed by atoms with Gasteiger partial charge in [0.15, 0.2) is 11.5 Å². The van der Waals surface area contributed by atoms with Crippen molar-refractivity contribution in [2.75, 3.05) is 21.3 Å². The molecule has 7 nitrogen and oxygen atoms in total. The number of ether oxygens (including phenoxy) is 3. The Morgan fingerprint density at radius 2 is 1.42 bits per heavy atom. The molecule has 0 saturated carbocycles. The highest BCUT2D eigenvalue weighted by molar-refractivity contribution is 9.10. The number of aliphatic imine (C=N–C) groups is 1. The highest BCUT2D eigenvalue weighted by Gasteiger charge is 2.16. The number of halogens is 1. The van der Waals surface area contributed by atoms with E-state index in [0.29, 0.717) is 22.9 Å². The zero-order valence-electron chi connectivity index (χ0n) is 17.0. The van der Waals surface area contributed by atoms with E-state index >= 15 is 0 Å². The summed E-state index contributed by atoms with van der Waals surface area (Å²) in [5.41, 5.74) is 1.36. The van der Waals surface area contributed by atoms with Gasteiger partial charge in [-0.3, -0.25) is 4.99 Å². The fraction of sp³-hybridized carbons (Fsp3) is 0.136. The lowest BCUT2D eigenvalue weighted by Gasteiger charge is -2.12. The maximum atomic E-state index is 12.4. The molecule has 0 saturated heterocycles. The summed E-state index contributed by atoms with van der Waals surface area (Å²) in [6, 6.07) is 16.1. The standard InChI is InChI=1S/C22H20BrNO6S/c1-27-20-12-15(13-21(28-2)22(20)29-3)14-24-17-6-8-18(9-7-17)30-31(25,26)19-10-4-16(23)5-11-19/h4-14H,1-3H3. The van der Waals surface area contributed by atoms with E-state index in [1.807, 2.05) is 0 Å². The van der Waals surface area contributed by atoms with Crippen LogP contribution in [0.3, 0.4) is 0 Å². The van der Waals surface area contributed by atoms with E-state index in [2.05, 4.69) is 20.9 Å². The molecule has 0 unspecified atom stereocenters. The molecule has 0 aromatic heterocycles. The third kappa shape index (κ3) is 5.56. The van der Waals surface area contributed by atoms with Gasteiger partial charge in [-0.15, -0.1) is 0 Å². The van der Waals surface area contributed by atoms with Crippen molar-refractivity contribution in [2.24, 2.45) is 4.99 Å². The summed E-state index contributed by atoms with van der Waals surface area (Å²) in [6.45, 7) is 0. The quantitative estimate of drug-likeness (QED) is 0.316. The van der Waals surface area contributed by atoms with Crippen LogP contribution in [0.2, 0.25) is 0 Å². The van der Waals surface area contributed by atoms with Gasteiger partial charge in [0.05, 0.1) is 27.0 Å². The average molecular weight is 506 g/mol. The molecule has 0 spiro atoms. The van der Waals surface area contributed by atoms with Gasteiger partial charge >= 0.3 is 10.1 Å². The van der Waals surface area contributed by atoms with Crippen molar-refractivity contribution in [3.8, 4) is 23.0 Å². The summed E-state index contributed by atoms with van der Waals surface area (Å²) in [6.07, 6.45) is 1.64. The largest absolute Gasteiger partial charge is 0.493 e. The molecular weight excluding hydrogens is 486 g/mol. The number of hydrogen-bond acceptors (Lipinski definition) is 7. The smallest absolute Gasteiger partial charge is 0.339 e. The maximum Gasteiger partial charge on any atom is 0.339 e. The Bertz CT molecular complexity index is 1150. The van der Waals surface area contributed by atoms with Crippen LogP contribution in [-0.4, -0.2) is 36.0 Å². The van der Waals surface area contributed by atoms with Gasteiger partial charge in [0.25, 0.3) is 0 Å². The molecule has 0 fully saturated rings. The van der Waals surface area contributed by atoms with Crippen molar-refractivity contribution in [1.29, 1.82) is 0 Å². The normalized spacial score (nSPS) is 11.4. The van der Waals surface area contributed by atoms with Gasteiger partial charge in [0.1, 0.15) is 10.6 Å². The van der Waals surface area contributed by atoms with E-state index in [4.69, 9.17) is 18.4 Å². The molecule has 0 aliphatic heterocycles. The van der Waals surface area contributed by atoms with Crippen molar-refractivity contribution >= 4 is 38.0 Å². The minimum Gasteiger partial charge on any atom is -0.493 e. The van der Waals surface area contributed by atoms with E-state index in [0.717, 1.165) is 10.0 Å². The number of hydrogen-bond donors (Lipinski definition) is 0. The number of rotatable bonds is 8. The summed E-state index contributed by atoms with van der Waals surface area (Å²) < 4.78 is 46.7. The predicted molar refractivity (Wildman–Crippen MR) is 122 cm³/mol. The number of nitrogens with zero attached hydrogens (tertiary/aromatic N) is 1. The van der Waals surface area contributed by atoms with Crippen LogP contribution in [0.1, 0.15) is 5.56 Å². The Hall–Kier alpha value is -3.04. The molecule has 0 bridgehead atoms. The molecule has 162 valence electrons. The van der Waals surface area contributed by atoms with E-state index in [1.165, 1.54) is 31.4 Å². The zero-order chi connectivity index (χ0) is 22.4. The second kappa shape index (κ2) is 9.84. The first-order chi connectivity index (χ1) is 14.9. The van der Waals surface area contributed by atoms with Crippen LogP contribution in [0.5, 0.6) is 23.0 Å². The predicted octanol–water partition coefficient (Wildman–Crippen LogP) is 4.99. The van der Waals surface area contributed by atoms with Crippen LogP contribution >= 0.6 is 15.9 Å². The fourth-order valence-corrected chi connectivity index (χ4v) is 3.88. The summed E-state index contributed by atoms with van der Waals surface area (Å²) in [5, 5.41) is 0. The molecule has 0 heterocycles. The Kier molecular flexibility index (Phi) is 7.19. The molecular formula is C22H20BrNO6S. The van der Waals surface area contributed by atoms with E-state index in [9.17, 15) is 8.42 Å². The van der Waals surface area contributed by atoms with E-state index < -0.39 is 10.1 Å². The highest BCUT2D eigenvalue weighted by Crippen LogP contribution is 2.37. The van der Waals surface area contributed by atoms with Crippen molar-refractivity contribution in [3.05, 3.63) is 70.7 Å². The third-order valence-electron chi connectivity index (χ3n) is 4.19. The van der Waals surface area contributed by atoms with Gasteiger partial charge < -0.3 is 18.4 Å². The van der Waals surface area contributed by atoms with Gasteiger partial charge in [-0.1, -0.05) is 15.9 Å². The van der Waals surface area contributed by atoms with Crippen LogP contribution in [0, 0.1) is 0 Å². The lowest BCUT2D eigenvalue weighted by molar-refractivity contribution is 0.324. The first-order valence-corrected chi connectivity index (χ1v) is 11.2. The molecule has 0 amide bonds. The lowest BCUT2D eigenvalue weighted by atomic mass is 10.2. The molecule has 0 atom stereocenters. The molecule has 0 radical (unpaired) electrons. The molecule has 9 heteroatoms. The van der Waals surface area contributed by atoms with Crippen molar-refractivity contribution in [3.63, 3.8) is 0 Å². The van der Waals surface area contributed by atoms with Crippen LogP contribution in [0.15, 0.2) is 75.0 Å². The average Bonchev–Trinajstić information content (AvgIpc) is 2.77. The third-order valence-corrected chi connectivity index (χ3v) is 5.98. The van der Waals surface area contributed by atoms with Gasteiger partial charge in [0, 0.05) is 16.3 Å². The molecule has 0 aliphatic carbocycles. The number of benzene rings is 3. The van der Waals surface area contributed by atoms with Gasteiger partial charge in [-0.25, -0.2) is 0 Å². The minimum absolute atomic E-state index is 0.0696. The molecule has 0 N–H and O–H groups in total. The summed E-state index contributed by atoms with van der Waals surface area (Å²) >= 11 is 3.27. The molecule has 3 rings (SSSR count). The Labute approximate surface area is 189 Å². The van der Waals surface area contributed by atoms with E-state index in [1.54, 1.807) is 56.8 Å². The first-order valence-electron chi connectivity index (χ1n) is 9.00. The van der Waals surface area contributed by atoms with Crippen LogP contribution < -0.4 is 18.4 Å². The zero-order valence-corrected chi connectivity index (χ0v) is 19.4. The topological polar surface area (TPSA) is 83.4 Å². The molecule has 0 aliphatic rings. The van der Waals surface area contributed by atoms with Crippen molar-refractivity contribution < 1.29 is 26.8 Å². The summed E-state index contributed by atoms with van der Waals surface area (Å²) in [7, 11) is 0.699. The van der Waals surface area contributed by atoms with Gasteiger partial charge in [-0.2, -0.15) is 8.42 Å². The van der Waals surface area contributed by atoms with Crippen LogP contribution in [0.25, 0.3) is 0 Å². The van der Waals surface area contributed by atoms with Crippen molar-refractivity contribution in [2.45, 2.75) is 4.90 Å². The second-order valence-electron chi connectivity index (χ2n) is 6.20. The highest BCUT2D eigenvalue weighted by atomic mass is 79.9. The second-order valence-corrected chi connectivity index (χ2v) is 8.66. The maximum absolute atomic E-state index is 12.4. The van der Waals surface area contributed by atoms with E-state index in [-0.39, 0.29) is 10.6 Å². The Morgan fingerprint density at radius 1 is 0.839 bits per heavy atom. The van der Waals surface area contributed by atoms with Crippen molar-refractivity contribution in [1.82, 2.24) is 0 Å². The summed E-state index contributed by atoms with van der Waals surface area (Å²) in [5.74, 6) is 1.72. The Balaban J connectivity index is 1.76. The minimum atomic E-state index is -3.92. The molecule has 31 heavy (non-hydrogen) atoms. The van der Waals surface area contributed by atoms with Crippen LogP contribution in [0.4, 0.5) is 5.69 Å². The summed E-state index contributed by atoms with van der Waals surface area (Å²) in [4.78, 5) is 4.47. The Morgan fingerprint density at radius 3 is 1.94 bits per heavy atom. The molecule has 3 aromatic rings. The fourth-order valence-electron chi connectivity index (χ4n) is 2.69. The molecule has 3 aromatic carbocycles. The number of methoxy groups -OCH3 is 3. The van der Waals surface area contributed by atoms with Gasteiger partial charge in [-0.05, 0) is 60.7 Å². The van der Waals surface area contributed by atoms with Gasteiger partial charge in [0.2, 0.25) is 5.75 Å².